The summed E-state index contributed by atoms with van der Waals surface area (Å²) in [5.41, 5.74) is 0.741. The number of rotatable bonds is 5. The van der Waals surface area contributed by atoms with Crippen LogP contribution in [0, 0.1) is 0 Å². The van der Waals surface area contributed by atoms with Crippen molar-refractivity contribution in [1.29, 1.82) is 0 Å². The molecule has 29 heavy (non-hydrogen) atoms. The maximum absolute atomic E-state index is 13.3. The van der Waals surface area contributed by atoms with Crippen LogP contribution < -0.4 is 15.4 Å². The van der Waals surface area contributed by atoms with Crippen LogP contribution in [0.4, 0.5) is 4.79 Å². The van der Waals surface area contributed by atoms with Crippen LogP contribution in [0.1, 0.15) is 35.8 Å². The number of fused-ring (bicyclic) bond motifs is 2. The van der Waals surface area contributed by atoms with Gasteiger partial charge >= 0.3 is 6.03 Å². The second kappa shape index (κ2) is 7.51. The van der Waals surface area contributed by atoms with Gasteiger partial charge < -0.3 is 15.4 Å². The number of carbonyl (C=O) groups excluding carboxylic acids is 3. The van der Waals surface area contributed by atoms with E-state index in [0.29, 0.717) is 13.0 Å². The van der Waals surface area contributed by atoms with E-state index in [1.165, 1.54) is 0 Å². The highest BCUT2D eigenvalue weighted by Crippen LogP contribution is 2.42. The Labute approximate surface area is 173 Å². The highest BCUT2D eigenvalue weighted by molar-refractivity contribution is 7.10. The predicted octanol–water partition coefficient (Wildman–Crippen LogP) is 2.55. The summed E-state index contributed by atoms with van der Waals surface area (Å²) in [5, 5.41) is 7.64. The minimum atomic E-state index is -1.03. The number of nitrogens with one attached hydrogen (secondary N) is 2. The molecule has 0 radical (unpaired) electrons. The van der Waals surface area contributed by atoms with Crippen LogP contribution in [0.25, 0.3) is 0 Å². The molecule has 2 aliphatic rings. The molecule has 1 aliphatic heterocycles. The monoisotopic (exact) mass is 413 g/mol. The molecule has 0 unspecified atom stereocenters. The average molecular weight is 413 g/mol. The van der Waals surface area contributed by atoms with Crippen molar-refractivity contribution in [2.24, 2.45) is 0 Å². The summed E-state index contributed by atoms with van der Waals surface area (Å²) in [4.78, 5) is 40.9. The molecule has 1 fully saturated rings. The van der Waals surface area contributed by atoms with E-state index in [2.05, 4.69) is 10.6 Å². The van der Waals surface area contributed by atoms with E-state index in [0.717, 1.165) is 39.5 Å². The predicted molar refractivity (Wildman–Crippen MR) is 109 cm³/mol. The third kappa shape index (κ3) is 3.27. The van der Waals surface area contributed by atoms with Crippen LogP contribution in [0.5, 0.6) is 5.75 Å². The van der Waals surface area contributed by atoms with Crippen molar-refractivity contribution >= 4 is 29.2 Å². The molecular weight excluding hydrogens is 390 g/mol. The number of nitrogens with zero attached hydrogens (tertiary/aromatic N) is 1. The first kappa shape index (κ1) is 19.4. The first-order valence-corrected chi connectivity index (χ1v) is 10.5. The van der Waals surface area contributed by atoms with E-state index in [1.54, 1.807) is 25.4 Å². The molecule has 7 nitrogen and oxygen atoms in total. The van der Waals surface area contributed by atoms with Gasteiger partial charge in [-0.05, 0) is 55.3 Å². The summed E-state index contributed by atoms with van der Waals surface area (Å²) in [6.45, 7) is 1.88. The van der Waals surface area contributed by atoms with Crippen LogP contribution in [0.2, 0.25) is 0 Å². The number of methoxy groups -OCH3 is 1. The summed E-state index contributed by atoms with van der Waals surface area (Å²) in [5.74, 6) is 0.0232. The van der Waals surface area contributed by atoms with Gasteiger partial charge in [-0.3, -0.25) is 9.59 Å². The van der Waals surface area contributed by atoms with Gasteiger partial charge in [0.15, 0.2) is 0 Å². The Morgan fingerprint density at radius 2 is 2.07 bits per heavy atom. The van der Waals surface area contributed by atoms with E-state index >= 15 is 0 Å². The fourth-order valence-electron chi connectivity index (χ4n) is 4.06. The van der Waals surface area contributed by atoms with Gasteiger partial charge in [0.25, 0.3) is 5.91 Å². The zero-order chi connectivity index (χ0) is 20.6. The fourth-order valence-corrected chi connectivity index (χ4v) is 5.06. The lowest BCUT2D eigenvalue weighted by Crippen LogP contribution is -2.50. The van der Waals surface area contributed by atoms with Crippen molar-refractivity contribution in [2.75, 3.05) is 7.11 Å². The number of imide groups is 1. The first-order chi connectivity index (χ1) is 14.0. The lowest BCUT2D eigenvalue weighted by atomic mass is 9.80. The molecule has 1 aromatic heterocycles. The Hall–Kier alpha value is -2.87. The average Bonchev–Trinajstić information content (AvgIpc) is 3.30. The maximum atomic E-state index is 13.3. The van der Waals surface area contributed by atoms with E-state index in [9.17, 15) is 14.4 Å². The molecule has 2 aromatic rings. The second-order valence-corrected chi connectivity index (χ2v) is 8.36. The van der Waals surface area contributed by atoms with Gasteiger partial charge in [0, 0.05) is 17.0 Å². The summed E-state index contributed by atoms with van der Waals surface area (Å²) in [7, 11) is 1.59. The van der Waals surface area contributed by atoms with Gasteiger partial charge in [-0.2, -0.15) is 0 Å². The van der Waals surface area contributed by atoms with Crippen molar-refractivity contribution in [3.63, 3.8) is 0 Å². The molecule has 0 bridgehead atoms. The highest BCUT2D eigenvalue weighted by Gasteiger charge is 2.56. The number of ether oxygens (including phenoxy) is 1. The first-order valence-electron chi connectivity index (χ1n) is 9.59. The maximum Gasteiger partial charge on any atom is 0.326 e. The molecule has 1 aromatic carbocycles. The van der Waals surface area contributed by atoms with E-state index < -0.39 is 17.6 Å². The summed E-state index contributed by atoms with van der Waals surface area (Å²) >= 11 is 1.60. The van der Waals surface area contributed by atoms with Gasteiger partial charge in [0.1, 0.15) is 17.3 Å². The van der Waals surface area contributed by atoms with Gasteiger partial charge in [-0.15, -0.1) is 11.3 Å². The van der Waals surface area contributed by atoms with Crippen molar-refractivity contribution in [3.8, 4) is 5.75 Å². The molecule has 2 heterocycles. The molecule has 2 atom stereocenters. The van der Waals surface area contributed by atoms with Crippen molar-refractivity contribution in [3.05, 3.63) is 51.7 Å². The number of aryl methyl sites for hydroxylation is 1. The molecule has 152 valence electrons. The molecule has 1 spiro atoms. The Balaban J connectivity index is 1.47. The third-order valence-electron chi connectivity index (χ3n) is 5.68. The van der Waals surface area contributed by atoms with Crippen molar-refractivity contribution in [2.45, 2.75) is 44.3 Å². The third-order valence-corrected chi connectivity index (χ3v) is 6.66. The van der Waals surface area contributed by atoms with E-state index in [1.807, 2.05) is 35.7 Å². The number of thiophene rings is 1. The molecule has 1 aliphatic carbocycles. The van der Waals surface area contributed by atoms with Crippen LogP contribution >= 0.6 is 11.3 Å². The summed E-state index contributed by atoms with van der Waals surface area (Å²) in [6.07, 6.45) is 2.29. The van der Waals surface area contributed by atoms with Gasteiger partial charge in [-0.25, -0.2) is 9.69 Å². The highest BCUT2D eigenvalue weighted by atomic mass is 32.1. The largest absolute Gasteiger partial charge is 0.497 e. The molecule has 2 N–H and O–H groups in total. The minimum Gasteiger partial charge on any atom is -0.497 e. The van der Waals surface area contributed by atoms with Crippen molar-refractivity contribution in [1.82, 2.24) is 15.5 Å². The fraction of sp³-hybridized carbons (Fsp3) is 0.381. The van der Waals surface area contributed by atoms with Gasteiger partial charge in [0.2, 0.25) is 5.91 Å². The Morgan fingerprint density at radius 3 is 2.79 bits per heavy atom. The Kier molecular flexibility index (Phi) is 5.04. The lowest BCUT2D eigenvalue weighted by molar-refractivity contribution is -0.138. The Morgan fingerprint density at radius 1 is 1.31 bits per heavy atom. The number of amides is 4. The SMILES string of the molecule is COc1ccc(CNC(=O)[C@H](C)N2C(=O)N[C@]3(CCCc4sccc43)C2=O)cc1. The number of hydrogen-bond donors (Lipinski definition) is 2. The number of carbonyl (C=O) groups is 3. The normalized spacial score (nSPS) is 21.7. The zero-order valence-corrected chi connectivity index (χ0v) is 17.2. The summed E-state index contributed by atoms with van der Waals surface area (Å²) < 4.78 is 5.12. The van der Waals surface area contributed by atoms with E-state index in [4.69, 9.17) is 4.74 Å². The smallest absolute Gasteiger partial charge is 0.326 e. The van der Waals surface area contributed by atoms with Crippen LogP contribution in [-0.4, -0.2) is 35.9 Å². The van der Waals surface area contributed by atoms with E-state index in [-0.39, 0.29) is 11.8 Å². The lowest BCUT2D eigenvalue weighted by Gasteiger charge is -2.31. The molecule has 4 rings (SSSR count). The zero-order valence-electron chi connectivity index (χ0n) is 16.4. The van der Waals surface area contributed by atoms with Crippen molar-refractivity contribution < 1.29 is 19.1 Å². The number of urea groups is 1. The topological polar surface area (TPSA) is 87.7 Å². The minimum absolute atomic E-state index is 0.302. The summed E-state index contributed by atoms with van der Waals surface area (Å²) in [6, 6.07) is 7.83. The molecular formula is C21H23N3O4S. The van der Waals surface area contributed by atoms with Crippen LogP contribution in [0.15, 0.2) is 35.7 Å². The quantitative estimate of drug-likeness (QED) is 0.738. The molecule has 8 heteroatoms. The molecule has 1 saturated heterocycles. The standard InChI is InChI=1S/C21H23N3O4S/c1-13(18(25)22-12-14-5-7-15(28-2)8-6-14)24-19(26)21(23-20(24)27)10-3-4-17-16(21)9-11-29-17/h5-9,11,13H,3-4,10,12H2,1-2H3,(H,22,25)(H,23,27)/t13-,21-/m0/s1. The number of hydrogen-bond acceptors (Lipinski definition) is 5. The Bertz CT molecular complexity index is 955. The second-order valence-electron chi connectivity index (χ2n) is 7.36. The van der Waals surface area contributed by atoms with Crippen LogP contribution in [0.3, 0.4) is 0 Å². The van der Waals surface area contributed by atoms with Crippen LogP contribution in [-0.2, 0) is 28.1 Å². The van der Waals surface area contributed by atoms with Gasteiger partial charge in [0.05, 0.1) is 7.11 Å². The number of benzene rings is 1. The molecule has 4 amide bonds. The van der Waals surface area contributed by atoms with Gasteiger partial charge in [-0.1, -0.05) is 12.1 Å². The molecule has 0 saturated carbocycles.